The Morgan fingerprint density at radius 2 is 1.96 bits per heavy atom. The van der Waals surface area contributed by atoms with Crippen LogP contribution in [-0.4, -0.2) is 23.8 Å². The number of hydrogen-bond acceptors (Lipinski definition) is 6. The third kappa shape index (κ3) is 3.41. The molecule has 8 nitrogen and oxygen atoms in total. The van der Waals surface area contributed by atoms with E-state index in [9.17, 15) is 19.7 Å². The largest absolute Gasteiger partial charge is 0.433 e. The van der Waals surface area contributed by atoms with Gasteiger partial charge in [-0.1, -0.05) is 6.42 Å². The van der Waals surface area contributed by atoms with E-state index in [-0.39, 0.29) is 11.7 Å². The van der Waals surface area contributed by atoms with Gasteiger partial charge in [0, 0.05) is 11.9 Å². The van der Waals surface area contributed by atoms with Gasteiger partial charge in [-0.2, -0.15) is 0 Å². The fraction of sp³-hybridized carbons (Fsp3) is 0.375. The van der Waals surface area contributed by atoms with Crippen LogP contribution in [0, 0.1) is 10.1 Å². The molecule has 1 aliphatic rings. The SMILES string of the molecule is CNC(=O)c1c(NC(=O)c2ccc([N+](=O)[O-])o2)sc2c1CCCCC2. The molecule has 2 aromatic rings. The Balaban J connectivity index is 1.92. The van der Waals surface area contributed by atoms with Gasteiger partial charge in [0.2, 0.25) is 0 Å². The maximum atomic E-state index is 12.3. The number of fused-ring (bicyclic) bond motifs is 1. The summed E-state index contributed by atoms with van der Waals surface area (Å²) < 4.78 is 4.92. The molecule has 2 N–H and O–H groups in total. The van der Waals surface area contributed by atoms with Crippen LogP contribution in [0.1, 0.15) is 50.6 Å². The number of thiophene rings is 1. The number of carbonyl (C=O) groups excluding carboxylic acids is 2. The molecule has 132 valence electrons. The van der Waals surface area contributed by atoms with E-state index in [1.807, 2.05) is 0 Å². The summed E-state index contributed by atoms with van der Waals surface area (Å²) in [5.74, 6) is -1.54. The molecule has 0 saturated carbocycles. The maximum absolute atomic E-state index is 12.3. The molecule has 0 aliphatic heterocycles. The van der Waals surface area contributed by atoms with Crippen molar-refractivity contribution in [2.45, 2.75) is 32.1 Å². The highest BCUT2D eigenvalue weighted by Gasteiger charge is 2.26. The van der Waals surface area contributed by atoms with Gasteiger partial charge in [-0.05, 0) is 37.3 Å². The van der Waals surface area contributed by atoms with Gasteiger partial charge in [0.1, 0.15) is 9.92 Å². The lowest BCUT2D eigenvalue weighted by molar-refractivity contribution is -0.402. The standard InChI is InChI=1S/C16H17N3O5S/c1-17-15(21)13-9-5-3-2-4-6-11(9)25-16(13)18-14(20)10-7-8-12(24-10)19(22)23/h7-8H,2-6H2,1H3,(H,17,21)(H,18,20). The zero-order valence-corrected chi connectivity index (χ0v) is 14.4. The molecule has 2 amide bonds. The first-order valence-corrected chi connectivity index (χ1v) is 8.75. The summed E-state index contributed by atoms with van der Waals surface area (Å²) in [6.07, 6.45) is 4.86. The van der Waals surface area contributed by atoms with Crippen LogP contribution in [0.15, 0.2) is 16.5 Å². The Kier molecular flexibility index (Phi) is 4.84. The van der Waals surface area contributed by atoms with Crippen LogP contribution in [0.2, 0.25) is 0 Å². The molecule has 2 heterocycles. The van der Waals surface area contributed by atoms with Gasteiger partial charge in [0.05, 0.1) is 11.6 Å². The van der Waals surface area contributed by atoms with Crippen LogP contribution in [0.25, 0.3) is 0 Å². The van der Waals surface area contributed by atoms with Crippen molar-refractivity contribution in [2.75, 3.05) is 12.4 Å². The van der Waals surface area contributed by atoms with Crippen molar-refractivity contribution in [3.8, 4) is 0 Å². The average Bonchev–Trinajstić information content (AvgIpc) is 3.14. The Hall–Kier alpha value is -2.68. The smallest absolute Gasteiger partial charge is 0.395 e. The molecular formula is C16H17N3O5S. The minimum Gasteiger partial charge on any atom is -0.395 e. The van der Waals surface area contributed by atoms with Gasteiger partial charge in [0.25, 0.3) is 11.8 Å². The zero-order valence-electron chi connectivity index (χ0n) is 13.6. The van der Waals surface area contributed by atoms with Crippen LogP contribution < -0.4 is 10.6 Å². The lowest BCUT2D eigenvalue weighted by atomic mass is 10.0. The summed E-state index contributed by atoms with van der Waals surface area (Å²) in [6.45, 7) is 0. The van der Waals surface area contributed by atoms with Gasteiger partial charge >= 0.3 is 5.88 Å². The van der Waals surface area contributed by atoms with E-state index < -0.39 is 16.7 Å². The predicted octanol–water partition coefficient (Wildman–Crippen LogP) is 3.13. The molecular weight excluding hydrogens is 346 g/mol. The Morgan fingerprint density at radius 1 is 1.20 bits per heavy atom. The molecule has 0 atom stereocenters. The van der Waals surface area contributed by atoms with Crippen molar-refractivity contribution in [1.82, 2.24) is 5.32 Å². The van der Waals surface area contributed by atoms with Crippen molar-refractivity contribution in [2.24, 2.45) is 0 Å². The highest BCUT2D eigenvalue weighted by Crippen LogP contribution is 2.37. The van der Waals surface area contributed by atoms with Gasteiger partial charge in [0.15, 0.2) is 5.76 Å². The van der Waals surface area contributed by atoms with Gasteiger partial charge in [-0.25, -0.2) is 0 Å². The van der Waals surface area contributed by atoms with Gasteiger partial charge in [-0.15, -0.1) is 11.3 Å². The molecule has 0 bridgehead atoms. The average molecular weight is 363 g/mol. The number of nitrogens with zero attached hydrogens (tertiary/aromatic N) is 1. The summed E-state index contributed by atoms with van der Waals surface area (Å²) in [4.78, 5) is 35.7. The second-order valence-corrected chi connectivity index (χ2v) is 6.80. The molecule has 1 aliphatic carbocycles. The Morgan fingerprint density at radius 3 is 2.64 bits per heavy atom. The lowest BCUT2D eigenvalue weighted by Crippen LogP contribution is -2.21. The second-order valence-electron chi connectivity index (χ2n) is 5.70. The van der Waals surface area contributed by atoms with Crippen LogP contribution in [0.5, 0.6) is 0 Å². The van der Waals surface area contributed by atoms with Crippen LogP contribution in [0.3, 0.4) is 0 Å². The van der Waals surface area contributed by atoms with Crippen molar-refractivity contribution < 1.29 is 18.9 Å². The Bertz CT molecular complexity index is 839. The van der Waals surface area contributed by atoms with E-state index in [1.54, 1.807) is 7.05 Å². The third-order valence-electron chi connectivity index (χ3n) is 4.10. The minimum atomic E-state index is -0.708. The summed E-state index contributed by atoms with van der Waals surface area (Å²) in [7, 11) is 1.55. The van der Waals surface area contributed by atoms with Crippen molar-refractivity contribution in [1.29, 1.82) is 0 Å². The van der Waals surface area contributed by atoms with Gasteiger partial charge in [-0.3, -0.25) is 19.7 Å². The number of aryl methyl sites for hydroxylation is 1. The molecule has 0 spiro atoms. The first kappa shape index (κ1) is 17.2. The predicted molar refractivity (Wildman–Crippen MR) is 92.3 cm³/mol. The summed E-state index contributed by atoms with van der Waals surface area (Å²) in [5.41, 5.74) is 1.47. The van der Waals surface area contributed by atoms with Crippen LogP contribution >= 0.6 is 11.3 Å². The second kappa shape index (κ2) is 7.06. The van der Waals surface area contributed by atoms with Crippen molar-refractivity contribution in [3.63, 3.8) is 0 Å². The summed E-state index contributed by atoms with van der Waals surface area (Å²) in [6, 6.07) is 2.36. The number of amides is 2. The summed E-state index contributed by atoms with van der Waals surface area (Å²) >= 11 is 1.39. The molecule has 0 fully saturated rings. The van der Waals surface area contributed by atoms with E-state index in [1.165, 1.54) is 17.4 Å². The zero-order chi connectivity index (χ0) is 18.0. The number of nitro groups is 1. The maximum Gasteiger partial charge on any atom is 0.433 e. The molecule has 0 unspecified atom stereocenters. The normalized spacial score (nSPS) is 13.6. The Labute approximate surface area is 147 Å². The number of hydrogen-bond donors (Lipinski definition) is 2. The first-order valence-electron chi connectivity index (χ1n) is 7.93. The fourth-order valence-electron chi connectivity index (χ4n) is 2.91. The quantitative estimate of drug-likeness (QED) is 0.492. The first-order chi connectivity index (χ1) is 12.0. The molecule has 0 radical (unpaired) electrons. The molecule has 0 aromatic carbocycles. The number of carbonyl (C=O) groups is 2. The number of anilines is 1. The monoisotopic (exact) mass is 363 g/mol. The highest BCUT2D eigenvalue weighted by molar-refractivity contribution is 7.17. The topological polar surface area (TPSA) is 114 Å². The van der Waals surface area contributed by atoms with E-state index >= 15 is 0 Å². The molecule has 25 heavy (non-hydrogen) atoms. The number of nitrogens with one attached hydrogen (secondary N) is 2. The highest BCUT2D eigenvalue weighted by atomic mass is 32.1. The number of furan rings is 1. The van der Waals surface area contributed by atoms with Crippen LogP contribution in [-0.2, 0) is 12.8 Å². The molecule has 0 saturated heterocycles. The van der Waals surface area contributed by atoms with E-state index in [2.05, 4.69) is 10.6 Å². The molecule has 9 heteroatoms. The third-order valence-corrected chi connectivity index (χ3v) is 5.31. The molecule has 2 aromatic heterocycles. The summed E-state index contributed by atoms with van der Waals surface area (Å²) in [5, 5.41) is 16.4. The van der Waals surface area contributed by atoms with E-state index in [0.717, 1.165) is 48.6 Å². The van der Waals surface area contributed by atoms with Gasteiger partial charge < -0.3 is 15.1 Å². The van der Waals surface area contributed by atoms with Crippen molar-refractivity contribution >= 4 is 34.0 Å². The fourth-order valence-corrected chi connectivity index (χ4v) is 4.19. The molecule has 3 rings (SSSR count). The minimum absolute atomic E-state index is 0.168. The number of rotatable bonds is 4. The van der Waals surface area contributed by atoms with Crippen LogP contribution in [0.4, 0.5) is 10.9 Å². The van der Waals surface area contributed by atoms with E-state index in [0.29, 0.717) is 10.6 Å². The van der Waals surface area contributed by atoms with E-state index in [4.69, 9.17) is 4.42 Å². The van der Waals surface area contributed by atoms with Crippen molar-refractivity contribution in [3.05, 3.63) is 44.0 Å². The lowest BCUT2D eigenvalue weighted by Gasteiger charge is -2.07.